The van der Waals surface area contributed by atoms with Crippen molar-refractivity contribution >= 4 is 44.9 Å². The molecule has 1 heterocycles. The molecule has 2 amide bonds. The Morgan fingerprint density at radius 1 is 1.36 bits per heavy atom. The molecule has 0 aromatic heterocycles. The highest BCUT2D eigenvalue weighted by Crippen LogP contribution is 2.34. The molecule has 0 radical (unpaired) electrons. The van der Waals surface area contributed by atoms with E-state index in [4.69, 9.17) is 5.26 Å². The zero-order valence-corrected chi connectivity index (χ0v) is 16.5. The predicted octanol–water partition coefficient (Wildman–Crippen LogP) is 4.91. The summed E-state index contributed by atoms with van der Waals surface area (Å²) in [6.07, 6.45) is 3.85. The summed E-state index contributed by atoms with van der Waals surface area (Å²) >= 11 is 4.15. The normalized spacial score (nSPS) is 16.6. The van der Waals surface area contributed by atoms with E-state index in [2.05, 4.69) is 22.0 Å². The number of carbonyl (C=O) groups is 2. The van der Waals surface area contributed by atoms with E-state index in [0.29, 0.717) is 22.3 Å². The summed E-state index contributed by atoms with van der Waals surface area (Å²) in [6.45, 7) is 4.13. The van der Waals surface area contributed by atoms with Gasteiger partial charge in [0.1, 0.15) is 5.75 Å². The average Bonchev–Trinajstić information content (AvgIpc) is 2.82. The first-order valence-electron chi connectivity index (χ1n) is 7.89. The van der Waals surface area contributed by atoms with Crippen molar-refractivity contribution in [1.82, 2.24) is 4.90 Å². The lowest BCUT2D eigenvalue weighted by Crippen LogP contribution is -2.29. The molecule has 5 nitrogen and oxygen atoms in total. The van der Waals surface area contributed by atoms with Crippen molar-refractivity contribution in [1.29, 1.82) is 5.26 Å². The van der Waals surface area contributed by atoms with E-state index in [1.165, 1.54) is 11.0 Å². The van der Waals surface area contributed by atoms with Crippen LogP contribution in [0.2, 0.25) is 0 Å². The fourth-order valence-electron chi connectivity index (χ4n) is 2.35. The molecular formula is C18H19BrN2O3S. The lowest BCUT2D eigenvalue weighted by molar-refractivity contribution is -0.122. The van der Waals surface area contributed by atoms with Crippen LogP contribution in [0.5, 0.6) is 5.75 Å². The number of rotatable bonds is 6. The second-order valence-corrected chi connectivity index (χ2v) is 8.34. The van der Waals surface area contributed by atoms with E-state index < -0.39 is 0 Å². The fourth-order valence-corrected chi connectivity index (χ4v) is 3.61. The molecule has 1 N–H and O–H groups in total. The third-order valence-electron chi connectivity index (χ3n) is 3.88. The Kier molecular flexibility index (Phi) is 6.31. The second kappa shape index (κ2) is 8.07. The first-order valence-corrected chi connectivity index (χ1v) is 9.49. The zero-order chi connectivity index (χ0) is 18.6. The summed E-state index contributed by atoms with van der Waals surface area (Å²) in [5.74, 6) is -0.177. The summed E-state index contributed by atoms with van der Waals surface area (Å²) in [7, 11) is 0. The van der Waals surface area contributed by atoms with Crippen molar-refractivity contribution in [2.45, 2.75) is 33.1 Å². The van der Waals surface area contributed by atoms with E-state index in [1.807, 2.05) is 13.8 Å². The highest BCUT2D eigenvalue weighted by molar-refractivity contribution is 9.10. The van der Waals surface area contributed by atoms with Crippen molar-refractivity contribution in [2.75, 3.05) is 6.54 Å². The number of thioether (sulfide) groups is 1. The van der Waals surface area contributed by atoms with E-state index in [0.717, 1.165) is 30.2 Å². The van der Waals surface area contributed by atoms with Crippen LogP contribution in [-0.4, -0.2) is 27.7 Å². The monoisotopic (exact) mass is 422 g/mol. The molecule has 0 bridgehead atoms. The Bertz CT molecular complexity index is 768. The van der Waals surface area contributed by atoms with Crippen LogP contribution in [0.3, 0.4) is 0 Å². The Hall–Kier alpha value is -1.78. The Balaban J connectivity index is 1.98. The van der Waals surface area contributed by atoms with Crippen LogP contribution in [-0.2, 0) is 4.79 Å². The maximum atomic E-state index is 12.4. The number of carbonyl (C=O) groups excluding carboxylic acids is 2. The molecule has 1 saturated heterocycles. The number of benzene rings is 1. The smallest absolute Gasteiger partial charge is 0.293 e. The summed E-state index contributed by atoms with van der Waals surface area (Å²) < 4.78 is 0.528. The molecule has 0 atom stereocenters. The highest BCUT2D eigenvalue weighted by Gasteiger charge is 2.34. The van der Waals surface area contributed by atoms with Gasteiger partial charge in [0.05, 0.1) is 20.9 Å². The first-order chi connectivity index (χ1) is 11.7. The maximum Gasteiger partial charge on any atom is 0.293 e. The number of imide groups is 1. The van der Waals surface area contributed by atoms with Crippen LogP contribution in [0, 0.1) is 16.7 Å². The fraction of sp³-hybridized carbons (Fsp3) is 0.389. The third kappa shape index (κ3) is 5.10. The van der Waals surface area contributed by atoms with Gasteiger partial charge in [0.2, 0.25) is 0 Å². The summed E-state index contributed by atoms with van der Waals surface area (Å²) in [5.41, 5.74) is 0.344. The lowest BCUT2D eigenvalue weighted by atomic mass is 9.89. The number of hydrogen-bond donors (Lipinski definition) is 1. The van der Waals surface area contributed by atoms with Gasteiger partial charge >= 0.3 is 0 Å². The van der Waals surface area contributed by atoms with Gasteiger partial charge in [0.15, 0.2) is 0 Å². The van der Waals surface area contributed by atoms with Crippen molar-refractivity contribution in [3.63, 3.8) is 0 Å². The average molecular weight is 423 g/mol. The minimum atomic E-state index is -0.384. The van der Waals surface area contributed by atoms with Gasteiger partial charge in [-0.1, -0.05) is 12.5 Å². The standard InChI is InChI=1S/C18H19BrN2O3S/c1-18(2,11-20)7-3-4-8-21-16(23)15(25-17(21)24)10-12-5-6-14(22)13(19)9-12/h5-6,9-10,22H,3-4,7-8H2,1-2H3/b15-10+. The largest absolute Gasteiger partial charge is 0.507 e. The number of nitriles is 1. The Morgan fingerprint density at radius 2 is 2.08 bits per heavy atom. The molecule has 1 aromatic rings. The minimum absolute atomic E-state index is 0.116. The molecule has 0 unspecified atom stereocenters. The number of amides is 2. The molecule has 1 aliphatic heterocycles. The predicted molar refractivity (Wildman–Crippen MR) is 102 cm³/mol. The molecule has 7 heteroatoms. The molecule has 2 rings (SSSR count). The minimum Gasteiger partial charge on any atom is -0.507 e. The Labute approximate surface area is 159 Å². The van der Waals surface area contributed by atoms with Gasteiger partial charge in [-0.05, 0) is 78.2 Å². The van der Waals surface area contributed by atoms with Crippen LogP contribution >= 0.6 is 27.7 Å². The van der Waals surface area contributed by atoms with Crippen molar-refractivity contribution < 1.29 is 14.7 Å². The van der Waals surface area contributed by atoms with Gasteiger partial charge in [0.25, 0.3) is 11.1 Å². The van der Waals surface area contributed by atoms with Gasteiger partial charge in [0, 0.05) is 6.54 Å². The number of halogens is 1. The molecule has 1 fully saturated rings. The molecule has 0 spiro atoms. The summed E-state index contributed by atoms with van der Waals surface area (Å²) in [6, 6.07) is 7.14. The van der Waals surface area contributed by atoms with E-state index in [9.17, 15) is 14.7 Å². The molecule has 0 aliphatic carbocycles. The number of phenolic OH excluding ortho intramolecular Hbond substituents is 1. The number of hydrogen-bond acceptors (Lipinski definition) is 5. The number of nitrogens with zero attached hydrogens (tertiary/aromatic N) is 2. The summed E-state index contributed by atoms with van der Waals surface area (Å²) in [4.78, 5) is 26.1. The second-order valence-electron chi connectivity index (χ2n) is 6.50. The molecule has 0 saturated carbocycles. The van der Waals surface area contributed by atoms with E-state index >= 15 is 0 Å². The van der Waals surface area contributed by atoms with E-state index in [-0.39, 0.29) is 22.3 Å². The Morgan fingerprint density at radius 3 is 2.72 bits per heavy atom. The van der Waals surface area contributed by atoms with Crippen molar-refractivity contribution in [3.8, 4) is 11.8 Å². The van der Waals surface area contributed by atoms with Crippen LogP contribution in [0.4, 0.5) is 4.79 Å². The lowest BCUT2D eigenvalue weighted by Gasteiger charge is -2.16. The van der Waals surface area contributed by atoms with Gasteiger partial charge in [-0.3, -0.25) is 14.5 Å². The molecule has 132 valence electrons. The molecule has 25 heavy (non-hydrogen) atoms. The topological polar surface area (TPSA) is 81.4 Å². The van der Waals surface area contributed by atoms with Gasteiger partial charge in [-0.15, -0.1) is 0 Å². The molecular weight excluding hydrogens is 404 g/mol. The van der Waals surface area contributed by atoms with Crippen molar-refractivity contribution in [3.05, 3.63) is 33.1 Å². The van der Waals surface area contributed by atoms with Gasteiger partial charge in [-0.25, -0.2) is 0 Å². The number of unbranched alkanes of at least 4 members (excludes halogenated alkanes) is 1. The zero-order valence-electron chi connectivity index (χ0n) is 14.1. The van der Waals surface area contributed by atoms with Crippen LogP contribution < -0.4 is 0 Å². The van der Waals surface area contributed by atoms with Gasteiger partial charge in [-0.2, -0.15) is 5.26 Å². The first kappa shape index (κ1) is 19.5. The van der Waals surface area contributed by atoms with Crippen LogP contribution in [0.25, 0.3) is 6.08 Å². The number of aromatic hydroxyl groups is 1. The van der Waals surface area contributed by atoms with Crippen LogP contribution in [0.15, 0.2) is 27.6 Å². The molecule has 1 aromatic carbocycles. The summed E-state index contributed by atoms with van der Waals surface area (Å²) in [5, 5.41) is 18.2. The third-order valence-corrected chi connectivity index (χ3v) is 5.42. The molecule has 1 aliphatic rings. The van der Waals surface area contributed by atoms with E-state index in [1.54, 1.807) is 18.2 Å². The number of phenols is 1. The maximum absolute atomic E-state index is 12.4. The quantitative estimate of drug-likeness (QED) is 0.519. The van der Waals surface area contributed by atoms with Crippen molar-refractivity contribution in [2.24, 2.45) is 5.41 Å². The SMILES string of the molecule is CC(C)(C#N)CCCCN1C(=O)S/C(=C/c2ccc(O)c(Br)c2)C1=O. The van der Waals surface area contributed by atoms with Gasteiger partial charge < -0.3 is 5.11 Å². The van der Waals surface area contributed by atoms with Crippen LogP contribution in [0.1, 0.15) is 38.7 Å². The highest BCUT2D eigenvalue weighted by atomic mass is 79.9.